The van der Waals surface area contributed by atoms with E-state index in [0.29, 0.717) is 18.9 Å². The van der Waals surface area contributed by atoms with Crippen LogP contribution in [0.3, 0.4) is 0 Å². The molecular formula is C17H24O4. The zero-order valence-electron chi connectivity index (χ0n) is 13.2. The van der Waals surface area contributed by atoms with Crippen LogP contribution in [-0.4, -0.2) is 29.6 Å². The van der Waals surface area contributed by atoms with Crippen LogP contribution in [0.25, 0.3) is 0 Å². The summed E-state index contributed by atoms with van der Waals surface area (Å²) in [6.45, 7) is 8.65. The lowest BCUT2D eigenvalue weighted by Gasteiger charge is -2.53. The SMILES string of the molecule is CCOC12CC3C=C(C)C(O)CC3C(C)(C)C1=CC(=O)O2. The fourth-order valence-electron chi connectivity index (χ4n) is 4.41. The van der Waals surface area contributed by atoms with E-state index in [4.69, 9.17) is 9.47 Å². The number of ether oxygens (including phenoxy) is 2. The Labute approximate surface area is 125 Å². The maximum atomic E-state index is 11.9. The van der Waals surface area contributed by atoms with Crippen molar-refractivity contribution < 1.29 is 19.4 Å². The highest BCUT2D eigenvalue weighted by atomic mass is 16.7. The van der Waals surface area contributed by atoms with Crippen molar-refractivity contribution in [2.75, 3.05) is 6.61 Å². The highest BCUT2D eigenvalue weighted by Gasteiger charge is 2.59. The molecule has 4 heteroatoms. The molecule has 1 saturated carbocycles. The van der Waals surface area contributed by atoms with E-state index in [2.05, 4.69) is 19.9 Å². The van der Waals surface area contributed by atoms with Crippen LogP contribution in [-0.2, 0) is 14.3 Å². The number of carbonyl (C=O) groups is 1. The van der Waals surface area contributed by atoms with E-state index in [1.54, 1.807) is 6.08 Å². The average Bonchev–Trinajstić information content (AvgIpc) is 2.71. The molecule has 2 aliphatic carbocycles. The van der Waals surface area contributed by atoms with Crippen LogP contribution in [0.15, 0.2) is 23.3 Å². The number of allylic oxidation sites excluding steroid dienone is 1. The van der Waals surface area contributed by atoms with Gasteiger partial charge in [-0.1, -0.05) is 19.9 Å². The van der Waals surface area contributed by atoms with Crippen molar-refractivity contribution in [1.82, 2.24) is 0 Å². The normalized spacial score (nSPS) is 40.8. The zero-order chi connectivity index (χ0) is 15.4. The zero-order valence-corrected chi connectivity index (χ0v) is 13.2. The molecule has 0 radical (unpaired) electrons. The Hall–Kier alpha value is -1.13. The standard InChI is InChI=1S/C17H24O4/c1-5-20-17-9-11-6-10(2)13(18)7-12(11)16(3,4)14(17)8-15(19)21-17/h6,8,11-13,18H,5,7,9H2,1-4H3. The first-order valence-electron chi connectivity index (χ1n) is 7.76. The van der Waals surface area contributed by atoms with Crippen LogP contribution in [0.2, 0.25) is 0 Å². The summed E-state index contributed by atoms with van der Waals surface area (Å²) < 4.78 is 11.5. The number of aliphatic hydroxyl groups is 1. The quantitative estimate of drug-likeness (QED) is 0.628. The van der Waals surface area contributed by atoms with Crippen LogP contribution >= 0.6 is 0 Å². The maximum Gasteiger partial charge on any atom is 0.333 e. The monoisotopic (exact) mass is 292 g/mol. The molecule has 4 atom stereocenters. The molecule has 0 aromatic heterocycles. The lowest BCUT2D eigenvalue weighted by Crippen LogP contribution is -2.53. The number of hydrogen-bond acceptors (Lipinski definition) is 4. The first-order chi connectivity index (χ1) is 9.80. The van der Waals surface area contributed by atoms with Gasteiger partial charge in [0.05, 0.1) is 6.10 Å². The van der Waals surface area contributed by atoms with Gasteiger partial charge in [0.15, 0.2) is 0 Å². The van der Waals surface area contributed by atoms with Gasteiger partial charge in [-0.3, -0.25) is 0 Å². The molecule has 0 aromatic rings. The van der Waals surface area contributed by atoms with Crippen molar-refractivity contribution in [1.29, 1.82) is 0 Å². The van der Waals surface area contributed by atoms with Crippen LogP contribution in [0.4, 0.5) is 0 Å². The molecule has 3 rings (SSSR count). The van der Waals surface area contributed by atoms with Crippen molar-refractivity contribution in [2.45, 2.75) is 52.4 Å². The van der Waals surface area contributed by atoms with Gasteiger partial charge in [-0.2, -0.15) is 0 Å². The third-order valence-corrected chi connectivity index (χ3v) is 5.44. The van der Waals surface area contributed by atoms with Gasteiger partial charge < -0.3 is 14.6 Å². The van der Waals surface area contributed by atoms with Crippen LogP contribution in [0, 0.1) is 17.3 Å². The Kier molecular flexibility index (Phi) is 3.30. The molecule has 1 N–H and O–H groups in total. The van der Waals surface area contributed by atoms with E-state index in [0.717, 1.165) is 17.6 Å². The minimum atomic E-state index is -0.907. The van der Waals surface area contributed by atoms with Crippen molar-refractivity contribution >= 4 is 5.97 Å². The Bertz CT molecular complexity index is 531. The number of aliphatic hydroxyl groups excluding tert-OH is 1. The Morgan fingerprint density at radius 1 is 1.48 bits per heavy atom. The van der Waals surface area contributed by atoms with E-state index in [-0.39, 0.29) is 23.4 Å². The summed E-state index contributed by atoms with van der Waals surface area (Å²) in [7, 11) is 0. The third-order valence-electron chi connectivity index (χ3n) is 5.44. The molecule has 0 saturated heterocycles. The fraction of sp³-hybridized carbons (Fsp3) is 0.706. The minimum absolute atomic E-state index is 0.234. The number of hydrogen-bond donors (Lipinski definition) is 1. The van der Waals surface area contributed by atoms with Gasteiger partial charge >= 0.3 is 5.97 Å². The molecule has 4 unspecified atom stereocenters. The first-order valence-corrected chi connectivity index (χ1v) is 7.76. The lowest BCUT2D eigenvalue weighted by molar-refractivity contribution is -0.224. The van der Waals surface area contributed by atoms with E-state index >= 15 is 0 Å². The lowest BCUT2D eigenvalue weighted by atomic mass is 9.55. The molecule has 116 valence electrons. The predicted molar refractivity (Wildman–Crippen MR) is 78.3 cm³/mol. The van der Waals surface area contributed by atoms with Crippen molar-refractivity contribution in [3.05, 3.63) is 23.3 Å². The second kappa shape index (κ2) is 4.68. The maximum absolute atomic E-state index is 11.9. The number of rotatable bonds is 2. The topological polar surface area (TPSA) is 55.8 Å². The van der Waals surface area contributed by atoms with Gasteiger partial charge in [-0.25, -0.2) is 4.79 Å². The number of carbonyl (C=O) groups excluding carboxylic acids is 1. The van der Waals surface area contributed by atoms with Crippen LogP contribution in [0.1, 0.15) is 40.5 Å². The summed E-state index contributed by atoms with van der Waals surface area (Å²) in [5, 5.41) is 10.2. The van der Waals surface area contributed by atoms with Crippen molar-refractivity contribution in [2.24, 2.45) is 17.3 Å². The Morgan fingerprint density at radius 2 is 2.19 bits per heavy atom. The summed E-state index contributed by atoms with van der Waals surface area (Å²) >= 11 is 0. The highest BCUT2D eigenvalue weighted by Crippen LogP contribution is 2.58. The summed E-state index contributed by atoms with van der Waals surface area (Å²) in [5.74, 6) is -0.662. The van der Waals surface area contributed by atoms with Crippen molar-refractivity contribution in [3.8, 4) is 0 Å². The smallest absolute Gasteiger partial charge is 0.333 e. The summed E-state index contributed by atoms with van der Waals surface area (Å²) in [4.78, 5) is 11.9. The molecule has 0 spiro atoms. The Morgan fingerprint density at radius 3 is 2.86 bits per heavy atom. The van der Waals surface area contributed by atoms with E-state index < -0.39 is 5.79 Å². The highest BCUT2D eigenvalue weighted by molar-refractivity contribution is 5.87. The van der Waals surface area contributed by atoms with Gasteiger partial charge in [0.2, 0.25) is 5.79 Å². The number of fused-ring (bicyclic) bond motifs is 2. The first kappa shape index (κ1) is 14.8. The molecule has 0 aromatic carbocycles. The number of esters is 1. The summed E-state index contributed by atoms with van der Waals surface area (Å²) in [6, 6.07) is 0. The summed E-state index contributed by atoms with van der Waals surface area (Å²) in [6.07, 6.45) is 4.74. The fourth-order valence-corrected chi connectivity index (χ4v) is 4.41. The molecule has 4 nitrogen and oxygen atoms in total. The molecule has 0 amide bonds. The van der Waals surface area contributed by atoms with E-state index in [9.17, 15) is 9.90 Å². The second-order valence-corrected chi connectivity index (χ2v) is 7.02. The molecule has 3 aliphatic rings. The van der Waals surface area contributed by atoms with Gasteiger partial charge in [0, 0.05) is 24.7 Å². The van der Waals surface area contributed by atoms with Gasteiger partial charge in [0.25, 0.3) is 0 Å². The second-order valence-electron chi connectivity index (χ2n) is 7.02. The van der Waals surface area contributed by atoms with Crippen LogP contribution < -0.4 is 0 Å². The molecule has 21 heavy (non-hydrogen) atoms. The van der Waals surface area contributed by atoms with Crippen LogP contribution in [0.5, 0.6) is 0 Å². The Balaban J connectivity index is 2.07. The molecular weight excluding hydrogens is 268 g/mol. The molecule has 1 aliphatic heterocycles. The van der Waals surface area contributed by atoms with Gasteiger partial charge in [-0.05, 0) is 43.1 Å². The van der Waals surface area contributed by atoms with Gasteiger partial charge in [0.1, 0.15) is 0 Å². The average molecular weight is 292 g/mol. The van der Waals surface area contributed by atoms with E-state index in [1.165, 1.54) is 0 Å². The predicted octanol–water partition coefficient (Wildman–Crippen LogP) is 2.58. The van der Waals surface area contributed by atoms with Gasteiger partial charge in [-0.15, -0.1) is 0 Å². The summed E-state index contributed by atoms with van der Waals surface area (Å²) in [5.41, 5.74) is 1.71. The largest absolute Gasteiger partial charge is 0.426 e. The molecule has 1 fully saturated rings. The molecule has 0 bridgehead atoms. The van der Waals surface area contributed by atoms with Crippen molar-refractivity contribution in [3.63, 3.8) is 0 Å². The van der Waals surface area contributed by atoms with E-state index in [1.807, 2.05) is 13.8 Å². The third kappa shape index (κ3) is 2.08. The molecule has 1 heterocycles. The minimum Gasteiger partial charge on any atom is -0.426 e.